The molecule has 0 spiro atoms. The summed E-state index contributed by atoms with van der Waals surface area (Å²) in [6.45, 7) is 30.4. The fourth-order valence-electron chi connectivity index (χ4n) is 7.48. The Hall–Kier alpha value is -3.32. The zero-order valence-corrected chi connectivity index (χ0v) is 34.6. The van der Waals surface area contributed by atoms with Gasteiger partial charge in [0.1, 0.15) is 11.5 Å². The highest BCUT2D eigenvalue weighted by Gasteiger charge is 2.43. The van der Waals surface area contributed by atoms with Gasteiger partial charge in [-0.25, -0.2) is 0 Å². The number of phenolic OH excluding ortho intramolecular Hbond substituents is 2. The van der Waals surface area contributed by atoms with Crippen molar-refractivity contribution in [3.63, 3.8) is 0 Å². The lowest BCUT2D eigenvalue weighted by atomic mass is 9.71. The first-order valence-corrected chi connectivity index (χ1v) is 19.8. The molecule has 5 rings (SSSR count). The van der Waals surface area contributed by atoms with E-state index >= 15 is 0 Å². The van der Waals surface area contributed by atoms with Gasteiger partial charge in [-0.3, -0.25) is 9.97 Å². The van der Waals surface area contributed by atoms with Crippen molar-refractivity contribution in [2.45, 2.75) is 169 Å². The molecule has 51 heavy (non-hydrogen) atoms. The predicted octanol–water partition coefficient (Wildman–Crippen LogP) is 11.3. The molecule has 1 aliphatic carbocycles. The van der Waals surface area contributed by atoms with E-state index in [2.05, 4.69) is 121 Å². The van der Waals surface area contributed by atoms with Gasteiger partial charge in [-0.1, -0.05) is 134 Å². The third-order valence-corrected chi connectivity index (χ3v) is 11.0. The largest absolute Gasteiger partial charge is 0.507 e. The molecular weight excluding hydrogens is 649 g/mol. The maximum Gasteiger partial charge on any atom is 0.123 e. The van der Waals surface area contributed by atoms with Crippen molar-refractivity contribution in [1.82, 2.24) is 18.7 Å². The van der Waals surface area contributed by atoms with Gasteiger partial charge >= 0.3 is 0 Å². The molecule has 276 valence electrons. The lowest BCUT2D eigenvalue weighted by Crippen LogP contribution is -2.27. The first-order valence-electron chi connectivity index (χ1n) is 19.1. The Bertz CT molecular complexity index is 1690. The van der Waals surface area contributed by atoms with Crippen LogP contribution in [0.25, 0.3) is 0 Å². The molecule has 2 heterocycles. The molecule has 0 saturated carbocycles. The molecule has 0 bridgehead atoms. The van der Waals surface area contributed by atoms with Crippen LogP contribution in [0, 0.1) is 0 Å². The van der Waals surface area contributed by atoms with Crippen LogP contribution in [0.2, 0.25) is 0 Å². The highest BCUT2D eigenvalue weighted by molar-refractivity contribution is 6.99. The molecule has 0 radical (unpaired) electrons. The Morgan fingerprint density at radius 3 is 1.06 bits per heavy atom. The predicted molar refractivity (Wildman–Crippen MR) is 212 cm³/mol. The van der Waals surface area contributed by atoms with Crippen LogP contribution in [0.4, 0.5) is 0 Å². The van der Waals surface area contributed by atoms with E-state index in [-0.39, 0.29) is 33.5 Å². The van der Waals surface area contributed by atoms with Crippen LogP contribution in [0.1, 0.15) is 202 Å². The third kappa shape index (κ3) is 7.61. The van der Waals surface area contributed by atoms with E-state index in [0.29, 0.717) is 11.5 Å². The summed E-state index contributed by atoms with van der Waals surface area (Å²) in [6.07, 6.45) is 6.03. The SMILES string of the molecule is CCCCc1nc2c(nc1CCCC)C(c1cc(C(C)(C)C)c(O)c(C(C)(C)C)c1)c1nsnc1C2c1cc(C(C)(C)C)c(O)c(C(C)(C)C)c1. The maximum atomic E-state index is 11.7. The number of hydrogen-bond donors (Lipinski definition) is 2. The normalized spacial score (nSPS) is 16.7. The fourth-order valence-corrected chi connectivity index (χ4v) is 8.09. The molecule has 1 aliphatic rings. The summed E-state index contributed by atoms with van der Waals surface area (Å²) < 4.78 is 10.1. The van der Waals surface area contributed by atoms with Gasteiger partial charge in [-0.15, -0.1) is 0 Å². The number of rotatable bonds is 8. The van der Waals surface area contributed by atoms with Crippen LogP contribution in [-0.2, 0) is 34.5 Å². The minimum absolute atomic E-state index is 0.288. The number of nitrogens with zero attached hydrogens (tertiary/aromatic N) is 4. The Kier molecular flexibility index (Phi) is 10.6. The zero-order valence-electron chi connectivity index (χ0n) is 33.8. The summed E-state index contributed by atoms with van der Waals surface area (Å²) in [7, 11) is 0. The molecule has 2 N–H and O–H groups in total. The summed E-state index contributed by atoms with van der Waals surface area (Å²) in [5.74, 6) is 0.147. The summed E-state index contributed by atoms with van der Waals surface area (Å²) in [6, 6.07) is 8.71. The minimum atomic E-state index is -0.290. The van der Waals surface area contributed by atoms with Crippen molar-refractivity contribution < 1.29 is 10.2 Å². The molecule has 2 unspecified atom stereocenters. The maximum absolute atomic E-state index is 11.7. The van der Waals surface area contributed by atoms with Gasteiger partial charge in [0, 0.05) is 0 Å². The Morgan fingerprint density at radius 2 is 0.804 bits per heavy atom. The number of benzene rings is 2. The first kappa shape index (κ1) is 38.9. The number of hydrogen-bond acceptors (Lipinski definition) is 7. The van der Waals surface area contributed by atoms with Crippen LogP contribution in [-0.4, -0.2) is 28.9 Å². The van der Waals surface area contributed by atoms with E-state index in [0.717, 1.165) is 106 Å². The third-order valence-electron chi connectivity index (χ3n) is 10.4. The van der Waals surface area contributed by atoms with Crippen LogP contribution < -0.4 is 0 Å². The van der Waals surface area contributed by atoms with Gasteiger partial charge in [0.15, 0.2) is 0 Å². The number of phenols is 2. The number of aryl methyl sites for hydroxylation is 2. The van der Waals surface area contributed by atoms with Crippen LogP contribution in [0.3, 0.4) is 0 Å². The lowest BCUT2D eigenvalue weighted by Gasteiger charge is -2.34. The molecule has 0 amide bonds. The number of fused-ring (bicyclic) bond motifs is 2. The second-order valence-electron chi connectivity index (χ2n) is 18.9. The molecule has 2 aromatic heterocycles. The zero-order chi connectivity index (χ0) is 37.8. The molecule has 0 saturated heterocycles. The molecule has 2 atom stereocenters. The van der Waals surface area contributed by atoms with Crippen molar-refractivity contribution in [1.29, 1.82) is 0 Å². The average Bonchev–Trinajstić information content (AvgIpc) is 3.49. The van der Waals surface area contributed by atoms with Gasteiger partial charge in [0.05, 0.1) is 57.7 Å². The smallest absolute Gasteiger partial charge is 0.123 e. The second-order valence-corrected chi connectivity index (χ2v) is 19.5. The first-order chi connectivity index (χ1) is 23.6. The lowest BCUT2D eigenvalue weighted by molar-refractivity contribution is 0.421. The standard InChI is InChI=1S/C44H62N4O2S/c1-15-17-19-31-32(20-18-16-2)46-36-34(26-23-29(43(9,10)11)40(50)30(24-26)44(12,13)14)38-37(47-51-48-38)33(35(36)45-31)25-21-27(41(3,4)5)39(49)28(22-25)42(6,7)8/h21-24,33-34,49-50H,15-20H2,1-14H3. The summed E-state index contributed by atoms with van der Waals surface area (Å²) >= 11 is 1.25. The molecule has 0 aliphatic heterocycles. The average molecular weight is 711 g/mol. The Morgan fingerprint density at radius 1 is 0.510 bits per heavy atom. The van der Waals surface area contributed by atoms with Gasteiger partial charge in [0.25, 0.3) is 0 Å². The monoisotopic (exact) mass is 710 g/mol. The Balaban J connectivity index is 1.91. The van der Waals surface area contributed by atoms with Crippen molar-refractivity contribution >= 4 is 11.7 Å². The fraction of sp³-hybridized carbons (Fsp3) is 0.591. The molecule has 7 heteroatoms. The molecular formula is C44H62N4O2S. The van der Waals surface area contributed by atoms with Crippen LogP contribution in [0.5, 0.6) is 11.5 Å². The van der Waals surface area contributed by atoms with Crippen molar-refractivity contribution in [3.8, 4) is 11.5 Å². The summed E-state index contributed by atoms with van der Waals surface area (Å²) in [5, 5.41) is 23.4. The van der Waals surface area contributed by atoms with E-state index in [1.54, 1.807) is 0 Å². The molecule has 0 fully saturated rings. The molecule has 6 nitrogen and oxygen atoms in total. The topological polar surface area (TPSA) is 92.0 Å². The molecule has 4 aromatic rings. The number of unbranched alkanes of at least 4 members (excludes halogenated alkanes) is 2. The molecule has 2 aromatic carbocycles. The van der Waals surface area contributed by atoms with E-state index < -0.39 is 0 Å². The highest BCUT2D eigenvalue weighted by Crippen LogP contribution is 2.51. The van der Waals surface area contributed by atoms with E-state index in [4.69, 9.17) is 18.7 Å². The van der Waals surface area contributed by atoms with Crippen LogP contribution >= 0.6 is 11.7 Å². The van der Waals surface area contributed by atoms with Crippen molar-refractivity contribution in [2.24, 2.45) is 0 Å². The van der Waals surface area contributed by atoms with E-state index in [1.807, 2.05) is 0 Å². The highest BCUT2D eigenvalue weighted by atomic mass is 32.1. The van der Waals surface area contributed by atoms with E-state index in [9.17, 15) is 10.2 Å². The van der Waals surface area contributed by atoms with Gasteiger partial charge in [0.2, 0.25) is 0 Å². The van der Waals surface area contributed by atoms with Crippen molar-refractivity contribution in [2.75, 3.05) is 0 Å². The quantitative estimate of drug-likeness (QED) is 0.167. The number of aromatic hydroxyl groups is 2. The summed E-state index contributed by atoms with van der Waals surface area (Å²) in [5.41, 5.74) is 10.5. The Labute approximate surface area is 311 Å². The summed E-state index contributed by atoms with van der Waals surface area (Å²) in [4.78, 5) is 11.3. The van der Waals surface area contributed by atoms with E-state index in [1.165, 1.54) is 11.7 Å². The number of aromatic nitrogens is 4. The minimum Gasteiger partial charge on any atom is -0.507 e. The second kappa shape index (κ2) is 13.9. The van der Waals surface area contributed by atoms with Gasteiger partial charge in [-0.2, -0.15) is 8.75 Å². The van der Waals surface area contributed by atoms with Gasteiger partial charge < -0.3 is 10.2 Å². The van der Waals surface area contributed by atoms with Crippen LogP contribution in [0.15, 0.2) is 24.3 Å². The van der Waals surface area contributed by atoms with Gasteiger partial charge in [-0.05, 0) is 80.7 Å². The van der Waals surface area contributed by atoms with Crippen molar-refractivity contribution in [3.05, 3.63) is 91.8 Å².